The third-order valence-electron chi connectivity index (χ3n) is 4.72. The highest BCUT2D eigenvalue weighted by molar-refractivity contribution is 6.34. The van der Waals surface area contributed by atoms with E-state index in [1.54, 1.807) is 6.07 Å². The summed E-state index contributed by atoms with van der Waals surface area (Å²) in [5, 5.41) is 6.67. The molecule has 3 aliphatic rings. The Bertz CT molecular complexity index is 575. The van der Waals surface area contributed by atoms with Crippen LogP contribution in [0.5, 0.6) is 5.75 Å². The van der Waals surface area contributed by atoms with E-state index < -0.39 is 0 Å². The number of halogens is 1. The minimum absolute atomic E-state index is 0.0880. The summed E-state index contributed by atoms with van der Waals surface area (Å²) in [6, 6.07) is 3.67. The molecule has 2 aliphatic heterocycles. The maximum absolute atomic E-state index is 11.9. The summed E-state index contributed by atoms with van der Waals surface area (Å²) < 4.78 is 6.12. The molecule has 1 aromatic rings. The monoisotopic (exact) mass is 292 g/mol. The second kappa shape index (κ2) is 4.37. The Kier molecular flexibility index (Phi) is 2.72. The van der Waals surface area contributed by atoms with Gasteiger partial charge in [-0.05, 0) is 31.4 Å². The lowest BCUT2D eigenvalue weighted by molar-refractivity contribution is -0.0499. The van der Waals surface area contributed by atoms with Gasteiger partial charge in [0.15, 0.2) is 0 Å². The van der Waals surface area contributed by atoms with E-state index in [9.17, 15) is 4.79 Å². The van der Waals surface area contributed by atoms with E-state index in [4.69, 9.17) is 16.3 Å². The summed E-state index contributed by atoms with van der Waals surface area (Å²) in [5.41, 5.74) is 2.05. The number of benzene rings is 1. The predicted octanol–water partition coefficient (Wildman–Crippen LogP) is 1.76. The van der Waals surface area contributed by atoms with Crippen molar-refractivity contribution in [3.63, 3.8) is 0 Å². The van der Waals surface area contributed by atoms with Gasteiger partial charge in [-0.25, -0.2) is 0 Å². The number of nitrogens with one attached hydrogen (secondary N) is 2. The van der Waals surface area contributed by atoms with Crippen LogP contribution in [-0.4, -0.2) is 31.6 Å². The van der Waals surface area contributed by atoms with Crippen LogP contribution >= 0.6 is 11.6 Å². The van der Waals surface area contributed by atoms with Crippen molar-refractivity contribution in [3.8, 4) is 5.75 Å². The number of fused-ring (bicyclic) bond motifs is 1. The van der Waals surface area contributed by atoms with Gasteiger partial charge in [0.05, 0.1) is 16.7 Å². The average molecular weight is 293 g/mol. The van der Waals surface area contributed by atoms with Crippen LogP contribution in [0.2, 0.25) is 5.02 Å². The Morgan fingerprint density at radius 3 is 2.80 bits per heavy atom. The number of ether oxygens (including phenoxy) is 1. The lowest BCUT2D eigenvalue weighted by Gasteiger charge is -2.53. The van der Waals surface area contributed by atoms with E-state index in [1.807, 2.05) is 6.07 Å². The third kappa shape index (κ3) is 1.82. The summed E-state index contributed by atoms with van der Waals surface area (Å²) in [4.78, 5) is 11.9. The Labute approximate surface area is 122 Å². The number of hydrogen-bond acceptors (Lipinski definition) is 3. The van der Waals surface area contributed by atoms with Gasteiger partial charge in [-0.3, -0.25) is 4.79 Å². The van der Waals surface area contributed by atoms with Gasteiger partial charge in [-0.15, -0.1) is 0 Å². The van der Waals surface area contributed by atoms with Crippen molar-refractivity contribution in [2.24, 2.45) is 5.41 Å². The average Bonchev–Trinajstić information content (AvgIpc) is 2.33. The first-order valence-corrected chi connectivity index (χ1v) is 7.52. The smallest absolute Gasteiger partial charge is 0.253 e. The van der Waals surface area contributed by atoms with Gasteiger partial charge in [0, 0.05) is 30.6 Å². The Morgan fingerprint density at radius 2 is 2.10 bits per heavy atom. The molecular formula is C15H17ClN2O2. The molecule has 20 heavy (non-hydrogen) atoms. The van der Waals surface area contributed by atoms with E-state index in [0.29, 0.717) is 22.5 Å². The molecule has 1 spiro atoms. The van der Waals surface area contributed by atoms with E-state index in [1.165, 1.54) is 0 Å². The Hall–Kier alpha value is -1.26. The van der Waals surface area contributed by atoms with Gasteiger partial charge in [0.2, 0.25) is 0 Å². The second-order valence-corrected chi connectivity index (χ2v) is 6.56. The van der Waals surface area contributed by atoms with E-state index in [2.05, 4.69) is 10.6 Å². The first-order chi connectivity index (χ1) is 9.67. The van der Waals surface area contributed by atoms with Crippen LogP contribution in [0.25, 0.3) is 0 Å². The summed E-state index contributed by atoms with van der Waals surface area (Å²) in [6.07, 6.45) is 3.30. The third-order valence-corrected chi connectivity index (χ3v) is 5.04. The van der Waals surface area contributed by atoms with Gasteiger partial charge < -0.3 is 15.4 Å². The van der Waals surface area contributed by atoms with Gasteiger partial charge in [0.25, 0.3) is 5.91 Å². The van der Waals surface area contributed by atoms with Crippen molar-refractivity contribution in [2.75, 3.05) is 19.6 Å². The van der Waals surface area contributed by atoms with Crippen LogP contribution in [0.3, 0.4) is 0 Å². The first-order valence-electron chi connectivity index (χ1n) is 7.14. The molecule has 1 aliphatic carbocycles. The quantitative estimate of drug-likeness (QED) is 0.873. The Balaban J connectivity index is 1.56. The number of amides is 1. The molecule has 4 rings (SSSR count). The fourth-order valence-electron chi connectivity index (χ4n) is 3.53. The first kappa shape index (κ1) is 12.5. The van der Waals surface area contributed by atoms with Crippen LogP contribution in [0.4, 0.5) is 0 Å². The fraction of sp³-hybridized carbons (Fsp3) is 0.533. The molecule has 2 fully saturated rings. The zero-order valence-electron chi connectivity index (χ0n) is 11.2. The number of hydrogen-bond donors (Lipinski definition) is 2. The van der Waals surface area contributed by atoms with Crippen molar-refractivity contribution in [2.45, 2.75) is 25.4 Å². The highest BCUT2D eigenvalue weighted by Crippen LogP contribution is 2.46. The van der Waals surface area contributed by atoms with Crippen LogP contribution in [0.1, 0.15) is 28.8 Å². The molecule has 0 radical (unpaired) electrons. The van der Waals surface area contributed by atoms with Crippen LogP contribution in [0.15, 0.2) is 12.1 Å². The molecule has 0 atom stereocenters. The molecule has 4 nitrogen and oxygen atoms in total. The molecule has 106 valence electrons. The van der Waals surface area contributed by atoms with Crippen molar-refractivity contribution >= 4 is 17.5 Å². The fourth-order valence-corrected chi connectivity index (χ4v) is 3.79. The number of carbonyl (C=O) groups excluding carboxylic acids is 1. The molecule has 2 heterocycles. The summed E-state index contributed by atoms with van der Waals surface area (Å²) in [7, 11) is 0. The number of rotatable bonds is 2. The molecule has 1 saturated carbocycles. The minimum Gasteiger partial charge on any atom is -0.490 e. The molecule has 1 aromatic carbocycles. The van der Waals surface area contributed by atoms with Crippen molar-refractivity contribution in [1.82, 2.24) is 10.6 Å². The standard InChI is InChI=1S/C15H17ClN2O2/c16-11-1-2-12(10-3-4-18-14(19)13(10)11)20-9-5-15(6-9)7-17-8-15/h1-2,9,17H,3-8H2,(H,18,19). The van der Waals surface area contributed by atoms with E-state index in [-0.39, 0.29) is 12.0 Å². The highest BCUT2D eigenvalue weighted by Gasteiger charge is 2.49. The molecule has 1 saturated heterocycles. The van der Waals surface area contributed by atoms with E-state index >= 15 is 0 Å². The Morgan fingerprint density at radius 1 is 1.30 bits per heavy atom. The summed E-state index contributed by atoms with van der Waals surface area (Å²) in [6.45, 7) is 2.89. The molecule has 1 amide bonds. The van der Waals surface area contributed by atoms with Gasteiger partial charge in [-0.1, -0.05) is 11.6 Å². The van der Waals surface area contributed by atoms with Crippen LogP contribution in [-0.2, 0) is 6.42 Å². The minimum atomic E-state index is -0.0880. The van der Waals surface area contributed by atoms with E-state index in [0.717, 1.165) is 43.7 Å². The molecular weight excluding hydrogens is 276 g/mol. The molecule has 0 unspecified atom stereocenters. The zero-order valence-corrected chi connectivity index (χ0v) is 11.9. The van der Waals surface area contributed by atoms with Gasteiger partial charge in [-0.2, -0.15) is 0 Å². The normalized spacial score (nSPS) is 23.6. The summed E-state index contributed by atoms with van der Waals surface area (Å²) >= 11 is 6.15. The summed E-state index contributed by atoms with van der Waals surface area (Å²) in [5.74, 6) is 0.751. The van der Waals surface area contributed by atoms with Gasteiger partial charge in [0.1, 0.15) is 5.75 Å². The number of carbonyl (C=O) groups is 1. The van der Waals surface area contributed by atoms with Gasteiger partial charge >= 0.3 is 0 Å². The molecule has 0 bridgehead atoms. The second-order valence-electron chi connectivity index (χ2n) is 6.16. The molecule has 5 heteroatoms. The topological polar surface area (TPSA) is 50.4 Å². The lowest BCUT2D eigenvalue weighted by atomic mass is 9.63. The van der Waals surface area contributed by atoms with Crippen molar-refractivity contribution in [1.29, 1.82) is 0 Å². The molecule has 0 aromatic heterocycles. The molecule has 2 N–H and O–H groups in total. The maximum atomic E-state index is 11.9. The largest absolute Gasteiger partial charge is 0.490 e. The maximum Gasteiger partial charge on any atom is 0.253 e. The van der Waals surface area contributed by atoms with Crippen LogP contribution in [0, 0.1) is 5.41 Å². The predicted molar refractivity (Wildman–Crippen MR) is 76.4 cm³/mol. The van der Waals surface area contributed by atoms with Crippen molar-refractivity contribution in [3.05, 3.63) is 28.3 Å². The highest BCUT2D eigenvalue weighted by atomic mass is 35.5. The van der Waals surface area contributed by atoms with Crippen LogP contribution < -0.4 is 15.4 Å². The van der Waals surface area contributed by atoms with Crippen molar-refractivity contribution < 1.29 is 9.53 Å². The zero-order chi connectivity index (χ0) is 13.7. The lowest BCUT2D eigenvalue weighted by Crippen LogP contribution is -2.62. The SMILES string of the molecule is O=C1NCCc2c(OC3CC4(CNC4)C3)ccc(Cl)c21.